The van der Waals surface area contributed by atoms with Gasteiger partial charge in [0.25, 0.3) is 0 Å². The van der Waals surface area contributed by atoms with Crippen LogP contribution in [0.25, 0.3) is 0 Å². The fraction of sp³-hybridized carbons (Fsp3) is 0.667. The summed E-state index contributed by atoms with van der Waals surface area (Å²) in [4.78, 5) is 0. The van der Waals surface area contributed by atoms with Gasteiger partial charge in [0.2, 0.25) is 0 Å². The standard InChI is InChI=1S/C12H20BrNO/c1-4-5-6-9(2)14-10(3)11-7-8-12(13)15-11/h7-10,14H,4-6H2,1-3H3. The van der Waals surface area contributed by atoms with Crippen molar-refractivity contribution >= 4 is 15.9 Å². The lowest BCUT2D eigenvalue weighted by Gasteiger charge is -2.18. The molecule has 0 fully saturated rings. The predicted octanol–water partition coefficient (Wildman–Crippen LogP) is 4.27. The summed E-state index contributed by atoms with van der Waals surface area (Å²) in [7, 11) is 0. The van der Waals surface area contributed by atoms with Gasteiger partial charge in [0.05, 0.1) is 6.04 Å². The van der Waals surface area contributed by atoms with E-state index in [0.717, 1.165) is 10.4 Å². The molecule has 0 aliphatic rings. The smallest absolute Gasteiger partial charge is 0.169 e. The van der Waals surface area contributed by atoms with Crippen LogP contribution >= 0.6 is 15.9 Å². The molecule has 2 nitrogen and oxygen atoms in total. The zero-order valence-corrected chi connectivity index (χ0v) is 11.3. The summed E-state index contributed by atoms with van der Waals surface area (Å²) < 4.78 is 6.30. The van der Waals surface area contributed by atoms with E-state index >= 15 is 0 Å². The van der Waals surface area contributed by atoms with Gasteiger partial charge in [0.1, 0.15) is 5.76 Å². The lowest BCUT2D eigenvalue weighted by Crippen LogP contribution is -2.28. The van der Waals surface area contributed by atoms with Crippen molar-refractivity contribution in [3.8, 4) is 0 Å². The molecule has 1 aromatic rings. The number of furan rings is 1. The summed E-state index contributed by atoms with van der Waals surface area (Å²) in [5.41, 5.74) is 0. The maximum absolute atomic E-state index is 5.50. The maximum atomic E-state index is 5.50. The fourth-order valence-electron chi connectivity index (χ4n) is 1.66. The van der Waals surface area contributed by atoms with E-state index < -0.39 is 0 Å². The van der Waals surface area contributed by atoms with Gasteiger partial charge in [-0.2, -0.15) is 0 Å². The second-order valence-electron chi connectivity index (χ2n) is 4.07. The Bertz CT molecular complexity index is 285. The van der Waals surface area contributed by atoms with Crippen LogP contribution in [0.1, 0.15) is 51.8 Å². The highest BCUT2D eigenvalue weighted by atomic mass is 79.9. The number of halogens is 1. The van der Waals surface area contributed by atoms with E-state index in [1.165, 1.54) is 19.3 Å². The van der Waals surface area contributed by atoms with Crippen LogP contribution in [0.5, 0.6) is 0 Å². The first-order valence-corrected chi connectivity index (χ1v) is 6.44. The number of hydrogen-bond acceptors (Lipinski definition) is 2. The van der Waals surface area contributed by atoms with Gasteiger partial charge < -0.3 is 9.73 Å². The van der Waals surface area contributed by atoms with Crippen LogP contribution < -0.4 is 5.32 Å². The molecule has 1 N–H and O–H groups in total. The highest BCUT2D eigenvalue weighted by molar-refractivity contribution is 9.10. The number of rotatable bonds is 6. The molecule has 15 heavy (non-hydrogen) atoms. The highest BCUT2D eigenvalue weighted by Gasteiger charge is 2.12. The first-order valence-electron chi connectivity index (χ1n) is 5.64. The molecule has 0 spiro atoms. The van der Waals surface area contributed by atoms with Crippen LogP contribution in [0.4, 0.5) is 0 Å². The molecule has 0 aliphatic heterocycles. The average molecular weight is 274 g/mol. The van der Waals surface area contributed by atoms with Gasteiger partial charge in [-0.3, -0.25) is 0 Å². The van der Waals surface area contributed by atoms with Crippen molar-refractivity contribution in [2.45, 2.75) is 52.1 Å². The first kappa shape index (κ1) is 12.8. The minimum Gasteiger partial charge on any atom is -0.453 e. The molecule has 2 atom stereocenters. The molecule has 3 heteroatoms. The molecule has 2 unspecified atom stereocenters. The molecule has 0 bridgehead atoms. The van der Waals surface area contributed by atoms with Crippen LogP contribution in [0.3, 0.4) is 0 Å². The lowest BCUT2D eigenvalue weighted by atomic mass is 10.1. The highest BCUT2D eigenvalue weighted by Crippen LogP contribution is 2.20. The summed E-state index contributed by atoms with van der Waals surface area (Å²) in [6.07, 6.45) is 3.76. The van der Waals surface area contributed by atoms with Crippen LogP contribution in [0, 0.1) is 0 Å². The molecule has 0 aliphatic carbocycles. The number of hydrogen-bond donors (Lipinski definition) is 1. The summed E-state index contributed by atoms with van der Waals surface area (Å²) in [5, 5.41) is 3.53. The van der Waals surface area contributed by atoms with E-state index in [-0.39, 0.29) is 6.04 Å². The predicted molar refractivity (Wildman–Crippen MR) is 66.9 cm³/mol. The van der Waals surface area contributed by atoms with Gasteiger partial charge in [0.15, 0.2) is 4.67 Å². The zero-order valence-electron chi connectivity index (χ0n) is 9.72. The Balaban J connectivity index is 2.38. The normalized spacial score (nSPS) is 15.2. The fourth-order valence-corrected chi connectivity index (χ4v) is 1.98. The van der Waals surface area contributed by atoms with Crippen molar-refractivity contribution in [2.24, 2.45) is 0 Å². The largest absolute Gasteiger partial charge is 0.453 e. The second kappa shape index (κ2) is 6.33. The third kappa shape index (κ3) is 4.39. The quantitative estimate of drug-likeness (QED) is 0.838. The minimum absolute atomic E-state index is 0.281. The summed E-state index contributed by atoms with van der Waals surface area (Å²) in [6, 6.07) is 4.77. The lowest BCUT2D eigenvalue weighted by molar-refractivity contribution is 0.377. The topological polar surface area (TPSA) is 25.2 Å². The third-order valence-corrected chi connectivity index (χ3v) is 2.97. The Hall–Kier alpha value is -0.280. The van der Waals surface area contributed by atoms with E-state index in [1.807, 2.05) is 12.1 Å². The average Bonchev–Trinajstić information content (AvgIpc) is 2.61. The van der Waals surface area contributed by atoms with Crippen molar-refractivity contribution in [1.82, 2.24) is 5.32 Å². The van der Waals surface area contributed by atoms with Gasteiger partial charge in [0, 0.05) is 6.04 Å². The van der Waals surface area contributed by atoms with Gasteiger partial charge in [-0.15, -0.1) is 0 Å². The summed E-state index contributed by atoms with van der Waals surface area (Å²) >= 11 is 3.31. The van der Waals surface area contributed by atoms with E-state index in [1.54, 1.807) is 0 Å². The summed E-state index contributed by atoms with van der Waals surface area (Å²) in [6.45, 7) is 6.58. The van der Waals surface area contributed by atoms with Crippen molar-refractivity contribution in [3.05, 3.63) is 22.6 Å². The molecule has 0 aromatic carbocycles. The van der Waals surface area contributed by atoms with E-state index in [9.17, 15) is 0 Å². The molecule has 1 rings (SSSR count). The van der Waals surface area contributed by atoms with Gasteiger partial charge in [-0.1, -0.05) is 19.8 Å². The molecule has 0 radical (unpaired) electrons. The van der Waals surface area contributed by atoms with Crippen LogP contribution in [-0.2, 0) is 0 Å². The van der Waals surface area contributed by atoms with Crippen molar-refractivity contribution < 1.29 is 4.42 Å². The minimum atomic E-state index is 0.281. The van der Waals surface area contributed by atoms with Gasteiger partial charge in [-0.25, -0.2) is 0 Å². The second-order valence-corrected chi connectivity index (χ2v) is 4.86. The van der Waals surface area contributed by atoms with Gasteiger partial charge >= 0.3 is 0 Å². The van der Waals surface area contributed by atoms with Crippen LogP contribution in [0.2, 0.25) is 0 Å². The van der Waals surface area contributed by atoms with E-state index in [0.29, 0.717) is 6.04 Å². The Labute approximate surface area is 101 Å². The van der Waals surface area contributed by atoms with E-state index in [2.05, 4.69) is 42.0 Å². The number of nitrogens with one attached hydrogen (secondary N) is 1. The Morgan fingerprint density at radius 1 is 1.40 bits per heavy atom. The van der Waals surface area contributed by atoms with E-state index in [4.69, 9.17) is 4.42 Å². The molecule has 0 saturated carbocycles. The number of unbranched alkanes of at least 4 members (excludes halogenated alkanes) is 1. The molecule has 0 amide bonds. The van der Waals surface area contributed by atoms with Gasteiger partial charge in [-0.05, 0) is 48.3 Å². The SMILES string of the molecule is CCCCC(C)NC(C)c1ccc(Br)o1. The van der Waals surface area contributed by atoms with Crippen LogP contribution in [-0.4, -0.2) is 6.04 Å². The Morgan fingerprint density at radius 3 is 2.67 bits per heavy atom. The molecule has 86 valence electrons. The van der Waals surface area contributed by atoms with Crippen molar-refractivity contribution in [3.63, 3.8) is 0 Å². The Morgan fingerprint density at radius 2 is 2.13 bits per heavy atom. The molecular formula is C12H20BrNO. The summed E-state index contributed by atoms with van der Waals surface area (Å²) in [5.74, 6) is 0.991. The maximum Gasteiger partial charge on any atom is 0.169 e. The Kier molecular flexibility index (Phi) is 5.40. The monoisotopic (exact) mass is 273 g/mol. The van der Waals surface area contributed by atoms with Crippen molar-refractivity contribution in [2.75, 3.05) is 0 Å². The zero-order chi connectivity index (χ0) is 11.3. The molecule has 0 saturated heterocycles. The third-order valence-electron chi connectivity index (χ3n) is 2.55. The molecule has 1 aromatic heterocycles. The van der Waals surface area contributed by atoms with Crippen molar-refractivity contribution in [1.29, 1.82) is 0 Å². The first-order chi connectivity index (χ1) is 7.13. The van der Waals surface area contributed by atoms with Crippen LogP contribution in [0.15, 0.2) is 21.2 Å². The molecule has 1 heterocycles. The molecular weight excluding hydrogens is 254 g/mol.